The first kappa shape index (κ1) is 13.1. The highest BCUT2D eigenvalue weighted by atomic mass is 35.5. The number of hydrogen-bond donors (Lipinski definition) is 2. The first-order valence-corrected chi connectivity index (χ1v) is 6.18. The zero-order valence-electron chi connectivity index (χ0n) is 9.36. The molecule has 0 saturated carbocycles. The lowest BCUT2D eigenvalue weighted by atomic mass is 10.0. The second-order valence-corrected chi connectivity index (χ2v) is 5.07. The average molecular weight is 277 g/mol. The third-order valence-electron chi connectivity index (χ3n) is 3.01. The SMILES string of the molecule is Cc1cc([C@H]2C[C@@H](O)[C@@H](CO)O2)cc(Cl)c1Cl. The van der Waals surface area contributed by atoms with Crippen LogP contribution in [0.4, 0.5) is 0 Å². The van der Waals surface area contributed by atoms with E-state index in [9.17, 15) is 5.11 Å². The quantitative estimate of drug-likeness (QED) is 0.873. The number of halogens is 2. The van der Waals surface area contributed by atoms with Gasteiger partial charge >= 0.3 is 0 Å². The molecule has 5 heteroatoms. The van der Waals surface area contributed by atoms with Gasteiger partial charge in [-0.3, -0.25) is 0 Å². The van der Waals surface area contributed by atoms with E-state index >= 15 is 0 Å². The molecule has 17 heavy (non-hydrogen) atoms. The van der Waals surface area contributed by atoms with Gasteiger partial charge in [0.2, 0.25) is 0 Å². The van der Waals surface area contributed by atoms with Crippen LogP contribution in [0.3, 0.4) is 0 Å². The van der Waals surface area contributed by atoms with Crippen molar-refractivity contribution in [2.75, 3.05) is 6.61 Å². The molecule has 1 aliphatic heterocycles. The molecule has 1 aromatic carbocycles. The van der Waals surface area contributed by atoms with Gasteiger partial charge in [0.25, 0.3) is 0 Å². The Morgan fingerprint density at radius 2 is 2.12 bits per heavy atom. The lowest BCUT2D eigenvalue weighted by molar-refractivity contribution is -0.0225. The fourth-order valence-electron chi connectivity index (χ4n) is 2.05. The summed E-state index contributed by atoms with van der Waals surface area (Å²) < 4.78 is 5.56. The summed E-state index contributed by atoms with van der Waals surface area (Å²) in [4.78, 5) is 0. The topological polar surface area (TPSA) is 49.7 Å². The number of ether oxygens (including phenoxy) is 1. The van der Waals surface area contributed by atoms with Crippen LogP contribution in [0.15, 0.2) is 12.1 Å². The third kappa shape index (κ3) is 2.59. The Morgan fingerprint density at radius 3 is 2.65 bits per heavy atom. The first-order chi connectivity index (χ1) is 8.02. The lowest BCUT2D eigenvalue weighted by Gasteiger charge is -2.14. The Kier molecular flexibility index (Phi) is 3.95. The zero-order chi connectivity index (χ0) is 12.6. The van der Waals surface area contributed by atoms with Gasteiger partial charge in [-0.25, -0.2) is 0 Å². The van der Waals surface area contributed by atoms with Crippen molar-refractivity contribution in [3.63, 3.8) is 0 Å². The van der Waals surface area contributed by atoms with Crippen molar-refractivity contribution < 1.29 is 14.9 Å². The minimum Gasteiger partial charge on any atom is -0.394 e. The molecule has 0 unspecified atom stereocenters. The van der Waals surface area contributed by atoms with Crippen molar-refractivity contribution in [1.29, 1.82) is 0 Å². The number of aliphatic hydroxyl groups excluding tert-OH is 2. The van der Waals surface area contributed by atoms with E-state index in [1.807, 2.05) is 13.0 Å². The maximum Gasteiger partial charge on any atom is 0.107 e. The second-order valence-electron chi connectivity index (χ2n) is 4.28. The van der Waals surface area contributed by atoms with Crippen LogP contribution < -0.4 is 0 Å². The maximum atomic E-state index is 9.67. The van der Waals surface area contributed by atoms with E-state index in [4.69, 9.17) is 33.0 Å². The normalized spacial score (nSPS) is 28.6. The fourth-order valence-corrected chi connectivity index (χ4v) is 2.43. The van der Waals surface area contributed by atoms with Crippen molar-refractivity contribution in [1.82, 2.24) is 0 Å². The summed E-state index contributed by atoms with van der Waals surface area (Å²) in [5, 5.41) is 19.7. The molecule has 94 valence electrons. The van der Waals surface area contributed by atoms with Gasteiger partial charge in [0.1, 0.15) is 6.10 Å². The molecule has 0 aromatic heterocycles. The van der Waals surface area contributed by atoms with E-state index < -0.39 is 12.2 Å². The molecule has 0 aliphatic carbocycles. The van der Waals surface area contributed by atoms with Gasteiger partial charge in [-0.1, -0.05) is 29.3 Å². The smallest absolute Gasteiger partial charge is 0.107 e. The van der Waals surface area contributed by atoms with Gasteiger partial charge in [-0.05, 0) is 24.1 Å². The Bertz CT molecular complexity index is 399. The van der Waals surface area contributed by atoms with Crippen molar-refractivity contribution in [3.8, 4) is 0 Å². The van der Waals surface area contributed by atoms with Crippen LogP contribution in [-0.4, -0.2) is 29.0 Å². The molecule has 1 fully saturated rings. The highest BCUT2D eigenvalue weighted by molar-refractivity contribution is 6.42. The zero-order valence-corrected chi connectivity index (χ0v) is 10.9. The molecule has 1 aromatic rings. The average Bonchev–Trinajstić information content (AvgIpc) is 2.66. The summed E-state index contributed by atoms with van der Waals surface area (Å²) in [7, 11) is 0. The number of aryl methyl sites for hydroxylation is 1. The van der Waals surface area contributed by atoms with Crippen LogP contribution in [0.5, 0.6) is 0 Å². The fraction of sp³-hybridized carbons (Fsp3) is 0.500. The van der Waals surface area contributed by atoms with Crippen molar-refractivity contribution >= 4 is 23.2 Å². The first-order valence-electron chi connectivity index (χ1n) is 5.43. The largest absolute Gasteiger partial charge is 0.394 e. The van der Waals surface area contributed by atoms with Crippen molar-refractivity contribution in [2.45, 2.75) is 31.7 Å². The lowest BCUT2D eigenvalue weighted by Crippen LogP contribution is -2.24. The van der Waals surface area contributed by atoms with Crippen LogP contribution >= 0.6 is 23.2 Å². The van der Waals surface area contributed by atoms with Crippen LogP contribution in [0.25, 0.3) is 0 Å². The number of rotatable bonds is 2. The minimum absolute atomic E-state index is 0.183. The van der Waals surface area contributed by atoms with Crippen molar-refractivity contribution in [3.05, 3.63) is 33.3 Å². The monoisotopic (exact) mass is 276 g/mol. The Balaban J connectivity index is 2.25. The van der Waals surface area contributed by atoms with Gasteiger partial charge in [0.05, 0.1) is 28.9 Å². The van der Waals surface area contributed by atoms with E-state index in [1.54, 1.807) is 6.07 Å². The third-order valence-corrected chi connectivity index (χ3v) is 3.90. The Hall–Kier alpha value is -0.320. The van der Waals surface area contributed by atoms with Crippen molar-refractivity contribution in [2.24, 2.45) is 0 Å². The number of benzene rings is 1. The predicted octanol–water partition coefficient (Wildman–Crippen LogP) is 2.49. The molecule has 0 bridgehead atoms. The molecule has 0 amide bonds. The highest BCUT2D eigenvalue weighted by Gasteiger charge is 2.34. The minimum atomic E-state index is -0.639. The van der Waals surface area contributed by atoms with Crippen LogP contribution in [0.1, 0.15) is 23.7 Å². The Morgan fingerprint density at radius 1 is 1.41 bits per heavy atom. The molecular weight excluding hydrogens is 263 g/mol. The van der Waals surface area contributed by atoms with E-state index in [1.165, 1.54) is 0 Å². The maximum absolute atomic E-state index is 9.67. The molecule has 2 rings (SSSR count). The van der Waals surface area contributed by atoms with E-state index in [0.29, 0.717) is 16.5 Å². The summed E-state index contributed by atoms with van der Waals surface area (Å²) in [6.45, 7) is 1.69. The van der Waals surface area contributed by atoms with Crippen LogP contribution in [0, 0.1) is 6.92 Å². The molecule has 2 N–H and O–H groups in total. The van der Waals surface area contributed by atoms with E-state index in [2.05, 4.69) is 0 Å². The predicted molar refractivity (Wildman–Crippen MR) is 66.5 cm³/mol. The van der Waals surface area contributed by atoms with E-state index in [0.717, 1.165) is 11.1 Å². The van der Waals surface area contributed by atoms with Crippen LogP contribution in [0.2, 0.25) is 10.0 Å². The molecule has 0 radical (unpaired) electrons. The molecule has 3 atom stereocenters. The summed E-state index contributed by atoms with van der Waals surface area (Å²) in [6.07, 6.45) is -0.937. The molecule has 1 heterocycles. The standard InChI is InChI=1S/C12H14Cl2O3/c1-6-2-7(3-8(13)12(6)14)10-4-9(16)11(5-15)17-10/h2-3,9-11,15-16H,4-5H2,1H3/t9-,10-,11-/m1/s1. The number of aliphatic hydroxyl groups is 2. The summed E-state index contributed by atoms with van der Waals surface area (Å²) in [5.41, 5.74) is 1.76. The van der Waals surface area contributed by atoms with Gasteiger partial charge < -0.3 is 14.9 Å². The molecular formula is C12H14Cl2O3. The molecule has 0 spiro atoms. The van der Waals surface area contributed by atoms with Crippen LogP contribution in [-0.2, 0) is 4.74 Å². The summed E-state index contributed by atoms with van der Waals surface area (Å²) >= 11 is 12.0. The summed E-state index contributed by atoms with van der Waals surface area (Å²) in [6, 6.07) is 3.64. The molecule has 3 nitrogen and oxygen atoms in total. The van der Waals surface area contributed by atoms with Gasteiger partial charge in [0.15, 0.2) is 0 Å². The highest BCUT2D eigenvalue weighted by Crippen LogP contribution is 2.36. The number of hydrogen-bond acceptors (Lipinski definition) is 3. The van der Waals surface area contributed by atoms with E-state index in [-0.39, 0.29) is 12.7 Å². The Labute approximate surface area is 110 Å². The summed E-state index contributed by atoms with van der Waals surface area (Å²) in [5.74, 6) is 0. The molecule has 1 saturated heterocycles. The van der Waals surface area contributed by atoms with Gasteiger partial charge in [-0.2, -0.15) is 0 Å². The van der Waals surface area contributed by atoms with Gasteiger partial charge in [0, 0.05) is 6.42 Å². The van der Waals surface area contributed by atoms with Gasteiger partial charge in [-0.15, -0.1) is 0 Å². The molecule has 1 aliphatic rings. The second kappa shape index (κ2) is 5.12.